The van der Waals surface area contributed by atoms with Crippen molar-refractivity contribution in [1.29, 1.82) is 0 Å². The molecule has 0 aliphatic carbocycles. The summed E-state index contributed by atoms with van der Waals surface area (Å²) in [5.74, 6) is 0.936. The number of rotatable bonds is 5. The first-order valence-corrected chi connectivity index (χ1v) is 6.82. The maximum Gasteiger partial charge on any atom is 0.127 e. The Morgan fingerprint density at radius 2 is 1.95 bits per heavy atom. The van der Waals surface area contributed by atoms with Gasteiger partial charge in [-0.1, -0.05) is 38.5 Å². The van der Waals surface area contributed by atoms with Crippen LogP contribution in [-0.2, 0) is 5.41 Å². The van der Waals surface area contributed by atoms with Gasteiger partial charge in [-0.2, -0.15) is 0 Å². The number of ether oxygens (including phenoxy) is 1. The molecule has 19 heavy (non-hydrogen) atoms. The quantitative estimate of drug-likeness (QED) is 0.860. The van der Waals surface area contributed by atoms with Crippen LogP contribution >= 0.6 is 0 Å². The Hall–Kier alpha value is -1.06. The van der Waals surface area contributed by atoms with Crippen molar-refractivity contribution in [3.63, 3.8) is 0 Å². The van der Waals surface area contributed by atoms with Crippen LogP contribution in [0.2, 0.25) is 0 Å². The second kappa shape index (κ2) is 6.40. The van der Waals surface area contributed by atoms with Gasteiger partial charge in [-0.3, -0.25) is 0 Å². The molecule has 0 aliphatic rings. The molecule has 0 saturated heterocycles. The van der Waals surface area contributed by atoms with Crippen LogP contribution in [0.15, 0.2) is 12.1 Å². The number of benzene rings is 1. The average Bonchev–Trinajstić information content (AvgIpc) is 2.33. The van der Waals surface area contributed by atoms with Gasteiger partial charge in [0.2, 0.25) is 0 Å². The molecule has 1 rings (SSSR count). The average molecular weight is 265 g/mol. The lowest BCUT2D eigenvalue weighted by Crippen LogP contribution is -2.21. The van der Waals surface area contributed by atoms with Gasteiger partial charge in [0.15, 0.2) is 0 Å². The van der Waals surface area contributed by atoms with Gasteiger partial charge >= 0.3 is 0 Å². The molecule has 1 aromatic rings. The predicted octanol–water partition coefficient (Wildman–Crippen LogP) is 2.94. The Kier molecular flexibility index (Phi) is 5.39. The topological polar surface area (TPSA) is 41.5 Å². The smallest absolute Gasteiger partial charge is 0.127 e. The molecule has 0 aromatic heterocycles. The van der Waals surface area contributed by atoms with Gasteiger partial charge in [-0.25, -0.2) is 0 Å². The van der Waals surface area contributed by atoms with E-state index in [0.29, 0.717) is 6.42 Å². The third kappa shape index (κ3) is 3.71. The van der Waals surface area contributed by atoms with E-state index in [1.165, 1.54) is 11.1 Å². The fourth-order valence-electron chi connectivity index (χ4n) is 2.43. The molecule has 3 heteroatoms. The van der Waals surface area contributed by atoms with Crippen molar-refractivity contribution in [1.82, 2.24) is 5.32 Å². The third-order valence-corrected chi connectivity index (χ3v) is 3.42. The summed E-state index contributed by atoms with van der Waals surface area (Å²) in [6, 6.07) is 4.44. The Labute approximate surface area is 117 Å². The minimum absolute atomic E-state index is 0.0314. The minimum Gasteiger partial charge on any atom is -0.496 e. The summed E-state index contributed by atoms with van der Waals surface area (Å²) in [7, 11) is 3.63. The van der Waals surface area contributed by atoms with Crippen molar-refractivity contribution < 1.29 is 9.84 Å². The Bertz CT molecular complexity index is 421. The van der Waals surface area contributed by atoms with Gasteiger partial charge in [-0.05, 0) is 25.8 Å². The summed E-state index contributed by atoms with van der Waals surface area (Å²) >= 11 is 0. The highest BCUT2D eigenvalue weighted by Crippen LogP contribution is 2.38. The first-order valence-electron chi connectivity index (χ1n) is 6.82. The molecule has 0 amide bonds. The molecule has 0 spiro atoms. The maximum atomic E-state index is 9.21. The standard InChI is InChI=1S/C16H27NO2/c1-11-9-12(14(17-5)7-8-18)15(19-6)13(10-11)16(2,3)4/h9-10,14,17-18H,7-8H2,1-6H3. The molecule has 0 fully saturated rings. The van der Waals surface area contributed by atoms with E-state index in [-0.39, 0.29) is 18.1 Å². The molecule has 0 aliphatic heterocycles. The molecule has 1 unspecified atom stereocenters. The summed E-state index contributed by atoms with van der Waals surface area (Å²) in [6.07, 6.45) is 0.680. The number of methoxy groups -OCH3 is 1. The molecule has 0 saturated carbocycles. The van der Waals surface area contributed by atoms with Gasteiger partial charge < -0.3 is 15.2 Å². The summed E-state index contributed by atoms with van der Waals surface area (Å²) in [5, 5.41) is 12.5. The molecular weight excluding hydrogens is 238 g/mol. The van der Waals surface area contributed by atoms with E-state index < -0.39 is 0 Å². The van der Waals surface area contributed by atoms with E-state index in [0.717, 1.165) is 11.3 Å². The lowest BCUT2D eigenvalue weighted by Gasteiger charge is -2.27. The van der Waals surface area contributed by atoms with E-state index in [2.05, 4.69) is 45.1 Å². The highest BCUT2D eigenvalue weighted by atomic mass is 16.5. The minimum atomic E-state index is 0.0314. The Morgan fingerprint density at radius 1 is 1.32 bits per heavy atom. The van der Waals surface area contributed by atoms with Crippen LogP contribution in [-0.4, -0.2) is 25.9 Å². The van der Waals surface area contributed by atoms with Crippen molar-refractivity contribution in [3.8, 4) is 5.75 Å². The van der Waals surface area contributed by atoms with Crippen LogP contribution in [0, 0.1) is 6.92 Å². The summed E-state index contributed by atoms with van der Waals surface area (Å²) in [6.45, 7) is 8.83. The first kappa shape index (κ1) is 16.0. The van der Waals surface area contributed by atoms with Crippen LogP contribution in [0.5, 0.6) is 5.75 Å². The second-order valence-electron chi connectivity index (χ2n) is 6.04. The number of hydrogen-bond donors (Lipinski definition) is 2. The van der Waals surface area contributed by atoms with Crippen LogP contribution in [0.25, 0.3) is 0 Å². The second-order valence-corrected chi connectivity index (χ2v) is 6.04. The predicted molar refractivity (Wildman–Crippen MR) is 79.9 cm³/mol. The first-order chi connectivity index (χ1) is 8.85. The van der Waals surface area contributed by atoms with E-state index in [1.807, 2.05) is 7.05 Å². The summed E-state index contributed by atoms with van der Waals surface area (Å²) in [4.78, 5) is 0. The van der Waals surface area contributed by atoms with Crippen molar-refractivity contribution in [2.45, 2.75) is 45.6 Å². The zero-order chi connectivity index (χ0) is 14.6. The third-order valence-electron chi connectivity index (χ3n) is 3.42. The van der Waals surface area contributed by atoms with Gasteiger partial charge in [0, 0.05) is 23.8 Å². The molecular formula is C16H27NO2. The van der Waals surface area contributed by atoms with Crippen molar-refractivity contribution in [2.24, 2.45) is 0 Å². The highest BCUT2D eigenvalue weighted by molar-refractivity contribution is 5.49. The van der Waals surface area contributed by atoms with E-state index in [1.54, 1.807) is 7.11 Å². The van der Waals surface area contributed by atoms with Gasteiger partial charge in [-0.15, -0.1) is 0 Å². The molecule has 108 valence electrons. The van der Waals surface area contributed by atoms with Gasteiger partial charge in [0.25, 0.3) is 0 Å². The number of aryl methyl sites for hydroxylation is 1. The lowest BCUT2D eigenvalue weighted by atomic mass is 9.83. The molecule has 3 nitrogen and oxygen atoms in total. The molecule has 0 radical (unpaired) electrons. The Balaban J connectivity index is 3.42. The largest absolute Gasteiger partial charge is 0.496 e. The zero-order valence-electron chi connectivity index (χ0n) is 13.0. The molecule has 2 N–H and O–H groups in total. The van der Waals surface area contributed by atoms with Crippen LogP contribution in [0.3, 0.4) is 0 Å². The maximum absolute atomic E-state index is 9.21. The van der Waals surface area contributed by atoms with Crippen LogP contribution in [0.4, 0.5) is 0 Å². The van der Waals surface area contributed by atoms with E-state index in [4.69, 9.17) is 4.74 Å². The highest BCUT2D eigenvalue weighted by Gasteiger charge is 2.24. The monoisotopic (exact) mass is 265 g/mol. The number of nitrogens with one attached hydrogen (secondary N) is 1. The fraction of sp³-hybridized carbons (Fsp3) is 0.625. The van der Waals surface area contributed by atoms with Gasteiger partial charge in [0.05, 0.1) is 7.11 Å². The molecule has 1 atom stereocenters. The van der Waals surface area contributed by atoms with Crippen molar-refractivity contribution in [3.05, 3.63) is 28.8 Å². The number of aliphatic hydroxyl groups is 1. The molecule has 1 aromatic carbocycles. The molecule has 0 bridgehead atoms. The lowest BCUT2D eigenvalue weighted by molar-refractivity contribution is 0.266. The SMILES string of the molecule is CNC(CCO)c1cc(C)cc(C(C)(C)C)c1OC. The van der Waals surface area contributed by atoms with Crippen LogP contribution < -0.4 is 10.1 Å². The van der Waals surface area contributed by atoms with Gasteiger partial charge in [0.1, 0.15) is 5.75 Å². The Morgan fingerprint density at radius 3 is 2.37 bits per heavy atom. The number of aliphatic hydroxyl groups excluding tert-OH is 1. The summed E-state index contributed by atoms with van der Waals surface area (Å²) in [5.41, 5.74) is 3.59. The van der Waals surface area contributed by atoms with E-state index in [9.17, 15) is 5.11 Å². The zero-order valence-corrected chi connectivity index (χ0v) is 13.0. The van der Waals surface area contributed by atoms with Crippen LogP contribution in [0.1, 0.15) is 49.9 Å². The van der Waals surface area contributed by atoms with E-state index >= 15 is 0 Å². The fourth-order valence-corrected chi connectivity index (χ4v) is 2.43. The van der Waals surface area contributed by atoms with Crippen molar-refractivity contribution in [2.75, 3.05) is 20.8 Å². The normalized spacial score (nSPS) is 13.4. The number of hydrogen-bond acceptors (Lipinski definition) is 3. The molecule has 0 heterocycles. The summed E-state index contributed by atoms with van der Waals surface area (Å²) < 4.78 is 5.67. The van der Waals surface area contributed by atoms with Crippen molar-refractivity contribution >= 4 is 0 Å².